The Balaban J connectivity index is 1.98. The second kappa shape index (κ2) is 9.05. The van der Waals surface area contributed by atoms with E-state index in [4.69, 9.17) is 5.73 Å². The second-order valence-electron chi connectivity index (χ2n) is 6.09. The second-order valence-corrected chi connectivity index (χ2v) is 7.77. The Hall–Kier alpha value is -2.92. The van der Waals surface area contributed by atoms with E-state index in [-0.39, 0.29) is 16.9 Å². The molecule has 0 saturated carbocycles. The lowest BCUT2D eigenvalue weighted by Gasteiger charge is -2.13. The average molecular weight is 429 g/mol. The van der Waals surface area contributed by atoms with Crippen molar-refractivity contribution < 1.29 is 31.2 Å². The molecule has 0 aliphatic rings. The molecule has 4 N–H and O–H groups in total. The lowest BCUT2D eigenvalue weighted by Crippen LogP contribution is -2.44. The molecule has 1 atom stereocenters. The monoisotopic (exact) mass is 429 g/mol. The molecule has 29 heavy (non-hydrogen) atoms. The quantitative estimate of drug-likeness (QED) is 0.612. The fraction of sp³-hybridized carbons (Fsp3) is 0.222. The van der Waals surface area contributed by atoms with E-state index in [0.29, 0.717) is 0 Å². The maximum atomic E-state index is 12.3. The zero-order valence-electron chi connectivity index (χ0n) is 14.9. The highest BCUT2D eigenvalue weighted by Gasteiger charge is 2.38. The highest BCUT2D eigenvalue weighted by Crippen LogP contribution is 2.15. The van der Waals surface area contributed by atoms with Crippen LogP contribution in [0, 0.1) is 0 Å². The SMILES string of the molecule is N[C@@H](Cc1ccccc1)C(=O)NS(=O)(=O)c1ccc(CNC(=O)C(F)(F)F)cc1. The third-order valence-corrected chi connectivity index (χ3v) is 5.18. The van der Waals surface area contributed by atoms with E-state index in [1.54, 1.807) is 35.6 Å². The summed E-state index contributed by atoms with van der Waals surface area (Å²) in [5.41, 5.74) is 6.76. The molecule has 2 rings (SSSR count). The van der Waals surface area contributed by atoms with Gasteiger partial charge in [-0.05, 0) is 29.7 Å². The number of halogens is 3. The number of hydrogen-bond acceptors (Lipinski definition) is 5. The van der Waals surface area contributed by atoms with Gasteiger partial charge < -0.3 is 11.1 Å². The predicted octanol–water partition coefficient (Wildman–Crippen LogP) is 1.24. The van der Waals surface area contributed by atoms with Crippen LogP contribution in [0.15, 0.2) is 59.5 Å². The van der Waals surface area contributed by atoms with Crippen LogP contribution in [0.25, 0.3) is 0 Å². The summed E-state index contributed by atoms with van der Waals surface area (Å²) in [7, 11) is -4.21. The summed E-state index contributed by atoms with van der Waals surface area (Å²) in [4.78, 5) is 22.6. The van der Waals surface area contributed by atoms with Gasteiger partial charge in [-0.1, -0.05) is 42.5 Å². The fourth-order valence-corrected chi connectivity index (χ4v) is 3.33. The van der Waals surface area contributed by atoms with Gasteiger partial charge in [0, 0.05) is 6.54 Å². The number of sulfonamides is 1. The van der Waals surface area contributed by atoms with Crippen molar-refractivity contribution >= 4 is 21.8 Å². The molecule has 0 unspecified atom stereocenters. The van der Waals surface area contributed by atoms with Crippen LogP contribution in [-0.2, 0) is 32.6 Å². The topological polar surface area (TPSA) is 118 Å². The molecule has 7 nitrogen and oxygen atoms in total. The van der Waals surface area contributed by atoms with Crippen LogP contribution in [0.3, 0.4) is 0 Å². The molecule has 0 spiro atoms. The van der Waals surface area contributed by atoms with Gasteiger partial charge in [0.25, 0.3) is 15.9 Å². The van der Waals surface area contributed by atoms with Crippen molar-refractivity contribution in [3.05, 3.63) is 65.7 Å². The maximum absolute atomic E-state index is 12.3. The molecule has 0 radical (unpaired) electrons. The molecule has 0 fully saturated rings. The number of carbonyl (C=O) groups is 2. The van der Waals surface area contributed by atoms with Crippen molar-refractivity contribution in [3.63, 3.8) is 0 Å². The van der Waals surface area contributed by atoms with Crippen molar-refractivity contribution in [2.45, 2.75) is 30.1 Å². The van der Waals surface area contributed by atoms with Crippen molar-refractivity contribution in [1.82, 2.24) is 10.0 Å². The van der Waals surface area contributed by atoms with Crippen molar-refractivity contribution in [2.24, 2.45) is 5.73 Å². The Morgan fingerprint density at radius 1 is 0.966 bits per heavy atom. The maximum Gasteiger partial charge on any atom is 0.471 e. The van der Waals surface area contributed by atoms with Crippen LogP contribution in [0.4, 0.5) is 13.2 Å². The van der Waals surface area contributed by atoms with Gasteiger partial charge in [-0.3, -0.25) is 9.59 Å². The number of rotatable bonds is 7. The number of carbonyl (C=O) groups excluding carboxylic acids is 2. The zero-order chi connectivity index (χ0) is 21.7. The number of nitrogens with two attached hydrogens (primary N) is 1. The fourth-order valence-electron chi connectivity index (χ4n) is 2.30. The minimum absolute atomic E-state index is 0.139. The van der Waals surface area contributed by atoms with Gasteiger partial charge in [0.2, 0.25) is 0 Å². The van der Waals surface area contributed by atoms with E-state index in [0.717, 1.165) is 17.7 Å². The van der Waals surface area contributed by atoms with Crippen LogP contribution in [-0.4, -0.2) is 32.5 Å². The smallest absolute Gasteiger partial charge is 0.344 e. The predicted molar refractivity (Wildman–Crippen MR) is 97.8 cm³/mol. The molecule has 2 amide bonds. The molecule has 0 aromatic heterocycles. The summed E-state index contributed by atoms with van der Waals surface area (Å²) in [5.74, 6) is -3.00. The first-order valence-electron chi connectivity index (χ1n) is 8.29. The number of nitrogens with one attached hydrogen (secondary N) is 2. The summed E-state index contributed by atoms with van der Waals surface area (Å²) in [6, 6.07) is 12.4. The third-order valence-electron chi connectivity index (χ3n) is 3.81. The van der Waals surface area contributed by atoms with Gasteiger partial charge in [-0.15, -0.1) is 0 Å². The highest BCUT2D eigenvalue weighted by molar-refractivity contribution is 7.90. The van der Waals surface area contributed by atoms with E-state index in [1.165, 1.54) is 12.1 Å². The summed E-state index contributed by atoms with van der Waals surface area (Å²) in [6.45, 7) is -0.438. The molecule has 0 aliphatic heterocycles. The zero-order valence-corrected chi connectivity index (χ0v) is 15.8. The van der Waals surface area contributed by atoms with Gasteiger partial charge in [0.1, 0.15) is 0 Å². The number of benzene rings is 2. The van der Waals surface area contributed by atoms with Crippen molar-refractivity contribution in [1.29, 1.82) is 0 Å². The number of alkyl halides is 3. The first-order valence-corrected chi connectivity index (χ1v) is 9.77. The average Bonchev–Trinajstić information content (AvgIpc) is 2.66. The first kappa shape index (κ1) is 22.4. The summed E-state index contributed by atoms with van der Waals surface area (Å²) >= 11 is 0. The molecule has 0 bridgehead atoms. The molecule has 2 aromatic rings. The Labute approximate surface area is 165 Å². The van der Waals surface area contributed by atoms with Crippen LogP contribution in [0.2, 0.25) is 0 Å². The largest absolute Gasteiger partial charge is 0.471 e. The first-order chi connectivity index (χ1) is 13.5. The Morgan fingerprint density at radius 3 is 2.10 bits per heavy atom. The van der Waals surface area contributed by atoms with E-state index in [9.17, 15) is 31.2 Å². The molecule has 156 valence electrons. The van der Waals surface area contributed by atoms with Crippen LogP contribution in [0.5, 0.6) is 0 Å². The molecule has 11 heteroatoms. The molecule has 0 aliphatic carbocycles. The molecule has 2 aromatic carbocycles. The van der Waals surface area contributed by atoms with Crippen LogP contribution >= 0.6 is 0 Å². The number of amides is 2. The minimum Gasteiger partial charge on any atom is -0.344 e. The van der Waals surface area contributed by atoms with E-state index < -0.39 is 40.6 Å². The van der Waals surface area contributed by atoms with Gasteiger partial charge in [-0.2, -0.15) is 13.2 Å². The lowest BCUT2D eigenvalue weighted by molar-refractivity contribution is -0.173. The molecule has 0 heterocycles. The van der Waals surface area contributed by atoms with Gasteiger partial charge in [0.05, 0.1) is 10.9 Å². The Bertz CT molecular complexity index is 962. The third kappa shape index (κ3) is 6.57. The van der Waals surface area contributed by atoms with Crippen LogP contribution < -0.4 is 15.8 Å². The van der Waals surface area contributed by atoms with Gasteiger partial charge in [-0.25, -0.2) is 13.1 Å². The Morgan fingerprint density at radius 2 is 1.55 bits per heavy atom. The van der Waals surface area contributed by atoms with E-state index >= 15 is 0 Å². The van der Waals surface area contributed by atoms with E-state index in [1.807, 2.05) is 4.72 Å². The van der Waals surface area contributed by atoms with Crippen molar-refractivity contribution in [2.75, 3.05) is 0 Å². The standard InChI is InChI=1S/C18H18F3N3O4S/c19-18(20,21)17(26)23-11-13-6-8-14(9-7-13)29(27,28)24-16(25)15(22)10-12-4-2-1-3-5-12/h1-9,15H,10-11,22H2,(H,23,26)(H,24,25)/t15-/m0/s1. The molecule has 0 saturated heterocycles. The summed E-state index contributed by atoms with van der Waals surface area (Å²) < 4.78 is 62.9. The van der Waals surface area contributed by atoms with Crippen LogP contribution in [0.1, 0.15) is 11.1 Å². The van der Waals surface area contributed by atoms with Gasteiger partial charge >= 0.3 is 12.1 Å². The normalized spacial score (nSPS) is 12.8. The van der Waals surface area contributed by atoms with Gasteiger partial charge in [0.15, 0.2) is 0 Å². The number of hydrogen-bond donors (Lipinski definition) is 3. The summed E-state index contributed by atoms with van der Waals surface area (Å²) in [6.07, 6.45) is -4.87. The Kier molecular flexibility index (Phi) is 6.98. The lowest BCUT2D eigenvalue weighted by atomic mass is 10.1. The van der Waals surface area contributed by atoms with Crippen molar-refractivity contribution in [3.8, 4) is 0 Å². The van der Waals surface area contributed by atoms with E-state index in [2.05, 4.69) is 0 Å². The highest BCUT2D eigenvalue weighted by atomic mass is 32.2. The molecular weight excluding hydrogens is 411 g/mol. The minimum atomic E-state index is -5.01. The summed E-state index contributed by atoms with van der Waals surface area (Å²) in [5, 5.41) is 1.67. The molecular formula is C18H18F3N3O4S.